The molecule has 15 heteroatoms. The molecule has 0 aromatic carbocycles. The third-order valence-corrected chi connectivity index (χ3v) is 18.5. The van der Waals surface area contributed by atoms with Crippen molar-refractivity contribution >= 4 is 40.0 Å². The monoisotopic (exact) mass is 634 g/mol. The van der Waals surface area contributed by atoms with E-state index in [4.69, 9.17) is 32.4 Å². The quantitative estimate of drug-likeness (QED) is 0.204. The predicted molar refractivity (Wildman–Crippen MR) is 163 cm³/mol. The van der Waals surface area contributed by atoms with Gasteiger partial charge in [-0.05, 0) is 22.2 Å². The Labute approximate surface area is 256 Å². The van der Waals surface area contributed by atoms with Gasteiger partial charge in [0.1, 0.15) is 31.4 Å². The number of hydrogen-bond donors (Lipinski definition) is 1. The zero-order chi connectivity index (χ0) is 31.5. The number of nitriles is 1. The van der Waals surface area contributed by atoms with Crippen molar-refractivity contribution in [1.82, 2.24) is 19.5 Å². The predicted octanol–water partition coefficient (Wildman–Crippen LogP) is 4.91. The van der Waals surface area contributed by atoms with Crippen molar-refractivity contribution in [3.63, 3.8) is 0 Å². The zero-order valence-electron chi connectivity index (χ0n) is 26.7. The van der Waals surface area contributed by atoms with Crippen molar-refractivity contribution < 1.29 is 32.0 Å². The first-order valence-corrected chi connectivity index (χ1v) is 19.0. The molecule has 13 nitrogen and oxygen atoms in total. The number of fused-ring (bicyclic) bond motifs is 2. The molecule has 1 amide bonds. The number of carbonyl (C=O) groups is 1. The Morgan fingerprint density at radius 3 is 2.37 bits per heavy atom. The van der Waals surface area contributed by atoms with Gasteiger partial charge in [0.25, 0.3) is 0 Å². The van der Waals surface area contributed by atoms with Crippen molar-refractivity contribution in [2.45, 2.75) is 115 Å². The van der Waals surface area contributed by atoms with Gasteiger partial charge in [0.2, 0.25) is 5.91 Å². The average molecular weight is 635 g/mol. The number of anilines is 1. The second-order valence-electron chi connectivity index (χ2n) is 12.4. The van der Waals surface area contributed by atoms with Gasteiger partial charge in [0.05, 0.1) is 32.0 Å². The van der Waals surface area contributed by atoms with Gasteiger partial charge in [-0.2, -0.15) is 5.26 Å². The minimum atomic E-state index is -2.97. The van der Waals surface area contributed by atoms with Gasteiger partial charge in [0.15, 0.2) is 23.2 Å². The van der Waals surface area contributed by atoms with Gasteiger partial charge < -0.3 is 32.5 Å². The lowest BCUT2D eigenvalue weighted by molar-refractivity contribution is -0.137. The molecule has 0 aliphatic carbocycles. The largest absolute Gasteiger partial charge is 0.414 e. The molecule has 238 valence electrons. The molecule has 0 saturated carbocycles. The molecule has 43 heavy (non-hydrogen) atoms. The molecular weight excluding hydrogens is 589 g/mol. The van der Waals surface area contributed by atoms with Gasteiger partial charge in [-0.3, -0.25) is 9.36 Å². The van der Waals surface area contributed by atoms with Gasteiger partial charge >= 0.3 is 17.1 Å². The van der Waals surface area contributed by atoms with Gasteiger partial charge in [-0.25, -0.2) is 15.0 Å². The maximum Gasteiger partial charge on any atom is 0.335 e. The molecule has 2 aliphatic rings. The number of nitrogens with zero attached hydrogens (tertiary/aromatic N) is 5. The number of imidazole rings is 1. The van der Waals surface area contributed by atoms with E-state index in [2.05, 4.69) is 81.7 Å². The number of carbonyl (C=O) groups excluding carboxylic acids is 1. The minimum absolute atomic E-state index is 0.0617. The van der Waals surface area contributed by atoms with E-state index in [1.54, 1.807) is 10.9 Å². The van der Waals surface area contributed by atoms with Crippen LogP contribution in [-0.2, 0) is 32.0 Å². The molecule has 0 radical (unpaired) electrons. The second-order valence-corrected chi connectivity index (χ2v) is 21.3. The van der Waals surface area contributed by atoms with Crippen molar-refractivity contribution in [1.29, 1.82) is 5.26 Å². The van der Waals surface area contributed by atoms with Crippen LogP contribution >= 0.6 is 0 Å². The van der Waals surface area contributed by atoms with Crippen LogP contribution in [0.4, 0.5) is 5.82 Å². The molecule has 4 heterocycles. The summed E-state index contributed by atoms with van der Waals surface area (Å²) in [5, 5.41) is 11.7. The maximum absolute atomic E-state index is 11.8. The van der Waals surface area contributed by atoms with Crippen LogP contribution in [0.3, 0.4) is 0 Å². The van der Waals surface area contributed by atoms with Crippen molar-refractivity contribution in [2.75, 3.05) is 25.3 Å². The summed E-state index contributed by atoms with van der Waals surface area (Å²) >= 11 is 0. The lowest BCUT2D eigenvalue weighted by Gasteiger charge is -2.51. The van der Waals surface area contributed by atoms with Crippen LogP contribution in [-0.4, -0.2) is 80.9 Å². The molecule has 2 fully saturated rings. The first kappa shape index (κ1) is 33.6. The zero-order valence-corrected chi connectivity index (χ0v) is 28.7. The van der Waals surface area contributed by atoms with E-state index < -0.39 is 41.7 Å². The molecule has 1 N–H and O–H groups in total. The Hall–Kier alpha value is -2.30. The molecule has 2 saturated heterocycles. The SMILES string of the molecule is CC(=O)Nc1ncnc2c1ncn2[C@@H]1O[C@@H]2CO[Si](C(C)C)(C(C)C)O[Si](C(C)C)(C(C)C)O[C@H]2[C@H]1OCOCCC#N. The number of hydrogen-bond acceptors (Lipinski definition) is 11. The molecule has 2 aliphatic heterocycles. The standard InChI is InChI=1S/C28H46N6O7Si2/c1-17(2)42(18(3)4)38-13-22-24(40-43(41-42,19(5)6)20(7)8)25(37-16-36-12-10-11-29)28(39-22)34-15-32-23-26(33-21(9)35)30-14-31-27(23)34/h14-15,17-20,22,24-25,28H,10,12-13,16H2,1-9H3,(H,30,31,33,35)/t22-,24-,25-,28-/m1/s1. The van der Waals surface area contributed by atoms with E-state index in [-0.39, 0.29) is 54.5 Å². The summed E-state index contributed by atoms with van der Waals surface area (Å²) in [6, 6.07) is 2.08. The molecular formula is C28H46N6O7Si2. The topological polar surface area (TPSA) is 152 Å². The van der Waals surface area contributed by atoms with Gasteiger partial charge in [0, 0.05) is 6.92 Å². The number of nitrogens with one attached hydrogen (secondary N) is 1. The molecule has 0 bridgehead atoms. The molecule has 4 rings (SSSR count). The third-order valence-electron chi connectivity index (χ3n) is 8.25. The van der Waals surface area contributed by atoms with Gasteiger partial charge in [-0.1, -0.05) is 55.4 Å². The van der Waals surface area contributed by atoms with E-state index in [0.717, 1.165) is 0 Å². The summed E-state index contributed by atoms with van der Waals surface area (Å²) in [6.45, 7) is 19.2. The highest BCUT2D eigenvalue weighted by Gasteiger charge is 2.62. The molecule has 2 aromatic heterocycles. The molecule has 4 atom stereocenters. The van der Waals surface area contributed by atoms with E-state index in [1.807, 2.05) is 0 Å². The molecule has 0 unspecified atom stereocenters. The van der Waals surface area contributed by atoms with Crippen LogP contribution in [0.15, 0.2) is 12.7 Å². The summed E-state index contributed by atoms with van der Waals surface area (Å²) in [5.41, 5.74) is 1.51. The summed E-state index contributed by atoms with van der Waals surface area (Å²) in [5.74, 6) is 0.0410. The highest BCUT2D eigenvalue weighted by molar-refractivity contribution is 6.84. The fourth-order valence-electron chi connectivity index (χ4n) is 6.12. The lowest BCUT2D eigenvalue weighted by Crippen LogP contribution is -2.66. The smallest absolute Gasteiger partial charge is 0.335 e. The van der Waals surface area contributed by atoms with E-state index in [9.17, 15) is 4.79 Å². The van der Waals surface area contributed by atoms with Crippen molar-refractivity contribution in [3.05, 3.63) is 12.7 Å². The first-order chi connectivity index (χ1) is 20.4. The summed E-state index contributed by atoms with van der Waals surface area (Å²) in [6.07, 6.45) is 0.867. The van der Waals surface area contributed by atoms with Crippen molar-refractivity contribution in [2.24, 2.45) is 0 Å². The highest BCUT2D eigenvalue weighted by Crippen LogP contribution is 2.49. The van der Waals surface area contributed by atoms with Crippen LogP contribution in [0.25, 0.3) is 11.2 Å². The summed E-state index contributed by atoms with van der Waals surface area (Å²) < 4.78 is 42.1. The Balaban J connectivity index is 1.80. The van der Waals surface area contributed by atoms with Crippen LogP contribution in [0.5, 0.6) is 0 Å². The Morgan fingerprint density at radius 1 is 1.09 bits per heavy atom. The van der Waals surface area contributed by atoms with E-state index in [0.29, 0.717) is 17.0 Å². The fraction of sp³-hybridized carbons (Fsp3) is 0.750. The van der Waals surface area contributed by atoms with Crippen LogP contribution in [0.1, 0.15) is 75.0 Å². The van der Waals surface area contributed by atoms with Crippen molar-refractivity contribution in [3.8, 4) is 6.07 Å². The lowest BCUT2D eigenvalue weighted by atomic mass is 10.1. The van der Waals surface area contributed by atoms with Gasteiger partial charge in [-0.15, -0.1) is 0 Å². The first-order valence-electron chi connectivity index (χ1n) is 15.1. The van der Waals surface area contributed by atoms with Crippen LogP contribution in [0.2, 0.25) is 22.2 Å². The Kier molecular flexibility index (Phi) is 10.8. The molecule has 0 spiro atoms. The number of ether oxygens (including phenoxy) is 3. The maximum atomic E-state index is 11.8. The third kappa shape index (κ3) is 6.57. The molecule has 2 aromatic rings. The summed E-state index contributed by atoms with van der Waals surface area (Å²) in [4.78, 5) is 25.0. The number of amides is 1. The van der Waals surface area contributed by atoms with E-state index >= 15 is 0 Å². The Bertz CT molecular complexity index is 1280. The average Bonchev–Trinajstić information content (AvgIpc) is 3.49. The minimum Gasteiger partial charge on any atom is -0.414 e. The normalized spacial score (nSPS) is 25.2. The number of aromatic nitrogens is 4. The number of rotatable bonds is 11. The van der Waals surface area contributed by atoms with Crippen LogP contribution < -0.4 is 5.32 Å². The second kappa shape index (κ2) is 13.8. The Morgan fingerprint density at radius 2 is 1.77 bits per heavy atom. The fourth-order valence-corrected chi connectivity index (χ4v) is 17.3. The van der Waals surface area contributed by atoms with E-state index in [1.165, 1.54) is 13.3 Å². The highest BCUT2D eigenvalue weighted by atomic mass is 28.5. The van der Waals surface area contributed by atoms with Crippen LogP contribution in [0, 0.1) is 11.3 Å². The summed E-state index contributed by atoms with van der Waals surface area (Å²) in [7, 11) is -5.75.